The molecule has 0 radical (unpaired) electrons. The van der Waals surface area contributed by atoms with E-state index in [2.05, 4.69) is 167 Å². The Hall–Kier alpha value is -7.11. The van der Waals surface area contributed by atoms with Gasteiger partial charge < -0.3 is 4.57 Å². The largest absolute Gasteiger partial charge is 0.309 e. The van der Waals surface area contributed by atoms with Gasteiger partial charge >= 0.3 is 0 Å². The molecule has 0 fully saturated rings. The molecule has 0 saturated heterocycles. The molecule has 0 aliphatic heterocycles. The molecule has 0 amide bonds. The van der Waals surface area contributed by atoms with Gasteiger partial charge in [-0.1, -0.05) is 146 Å². The summed E-state index contributed by atoms with van der Waals surface area (Å²) in [5.41, 5.74) is 7.39. The highest BCUT2D eigenvalue weighted by molar-refractivity contribution is 6.19. The maximum Gasteiger partial charge on any atom is 0.238 e. The Balaban J connectivity index is 1.26. The van der Waals surface area contributed by atoms with Gasteiger partial charge in [-0.2, -0.15) is 9.97 Å². The smallest absolute Gasteiger partial charge is 0.238 e. The van der Waals surface area contributed by atoms with E-state index >= 15 is 0 Å². The highest BCUT2D eigenvalue weighted by Gasteiger charge is 2.21. The Kier molecular flexibility index (Phi) is 6.18. The number of hydrogen-bond donors (Lipinski definition) is 0. The molecule has 52 heavy (non-hydrogen) atoms. The van der Waals surface area contributed by atoms with Crippen molar-refractivity contribution in [1.82, 2.24) is 24.1 Å². The third-order valence-corrected chi connectivity index (χ3v) is 10.3. The summed E-state index contributed by atoms with van der Waals surface area (Å²) in [5.74, 6) is 1.83. The number of nitrogens with zero attached hydrogens (tertiary/aromatic N) is 5. The molecule has 0 unspecified atom stereocenters. The van der Waals surface area contributed by atoms with E-state index in [0.29, 0.717) is 17.6 Å². The molecule has 0 aliphatic rings. The van der Waals surface area contributed by atoms with Crippen LogP contribution >= 0.6 is 0 Å². The van der Waals surface area contributed by atoms with Gasteiger partial charge in [0.2, 0.25) is 5.95 Å². The topological polar surface area (TPSA) is 48.5 Å². The normalized spacial score (nSPS) is 11.8. The number of benzene rings is 8. The van der Waals surface area contributed by atoms with Crippen molar-refractivity contribution in [2.24, 2.45) is 0 Å². The quantitative estimate of drug-likeness (QED) is 0.188. The molecule has 3 heterocycles. The molecule has 0 atom stereocenters. The number of rotatable bonds is 4. The minimum absolute atomic E-state index is 0.577. The van der Waals surface area contributed by atoms with Crippen LogP contribution in [0.15, 0.2) is 176 Å². The Morgan fingerprint density at radius 2 is 0.904 bits per heavy atom. The van der Waals surface area contributed by atoms with Gasteiger partial charge in [-0.15, -0.1) is 0 Å². The van der Waals surface area contributed by atoms with Gasteiger partial charge in [-0.3, -0.25) is 4.57 Å². The molecule has 11 rings (SSSR count). The first kappa shape index (κ1) is 28.7. The van der Waals surface area contributed by atoms with E-state index in [4.69, 9.17) is 15.0 Å². The van der Waals surface area contributed by atoms with E-state index in [1.54, 1.807) is 0 Å². The van der Waals surface area contributed by atoms with Crippen molar-refractivity contribution >= 4 is 65.2 Å². The molecular formula is C47H29N5. The summed E-state index contributed by atoms with van der Waals surface area (Å²) in [6.07, 6.45) is 0. The van der Waals surface area contributed by atoms with Crippen molar-refractivity contribution in [1.29, 1.82) is 0 Å². The van der Waals surface area contributed by atoms with Crippen molar-refractivity contribution in [3.05, 3.63) is 176 Å². The first-order chi connectivity index (χ1) is 25.8. The second-order valence-corrected chi connectivity index (χ2v) is 13.3. The van der Waals surface area contributed by atoms with Crippen LogP contribution in [0.25, 0.3) is 99.6 Å². The first-order valence-corrected chi connectivity index (χ1v) is 17.5. The molecule has 3 aromatic heterocycles. The standard InChI is InChI=1S/C47H29N5/c1-2-14-32(15-3-1)45-48-46(34-23-22-30-12-4-5-16-33(30)28-34)50-47(49-45)52-43-29-35(51-41-20-10-8-18-37(41)38-19-9-11-21-42(38)51)25-27-39(43)40-26-24-31-13-6-7-17-36(31)44(40)52/h1-29H. The van der Waals surface area contributed by atoms with Crippen LogP contribution in [0.3, 0.4) is 0 Å². The minimum Gasteiger partial charge on any atom is -0.309 e. The van der Waals surface area contributed by atoms with Gasteiger partial charge in [0.05, 0.1) is 22.1 Å². The highest BCUT2D eigenvalue weighted by Crippen LogP contribution is 2.39. The Morgan fingerprint density at radius 3 is 1.67 bits per heavy atom. The van der Waals surface area contributed by atoms with Gasteiger partial charge in [0.15, 0.2) is 11.6 Å². The van der Waals surface area contributed by atoms with Gasteiger partial charge in [0.1, 0.15) is 0 Å². The van der Waals surface area contributed by atoms with Gasteiger partial charge in [-0.05, 0) is 46.5 Å². The lowest BCUT2D eigenvalue weighted by molar-refractivity contribution is 0.955. The van der Waals surface area contributed by atoms with Crippen LogP contribution in [0.5, 0.6) is 0 Å². The first-order valence-electron chi connectivity index (χ1n) is 17.5. The molecule has 0 aliphatic carbocycles. The summed E-state index contributed by atoms with van der Waals surface area (Å²) >= 11 is 0. The van der Waals surface area contributed by atoms with Crippen LogP contribution in [0.1, 0.15) is 0 Å². The lowest BCUT2D eigenvalue weighted by Crippen LogP contribution is -2.07. The summed E-state index contributed by atoms with van der Waals surface area (Å²) in [7, 11) is 0. The third kappa shape index (κ3) is 4.33. The van der Waals surface area contributed by atoms with Crippen LogP contribution in [-0.2, 0) is 0 Å². The van der Waals surface area contributed by atoms with Crippen molar-refractivity contribution in [3.63, 3.8) is 0 Å². The molecule has 0 saturated carbocycles. The molecule has 242 valence electrons. The molecule has 0 N–H and O–H groups in total. The van der Waals surface area contributed by atoms with Gasteiger partial charge in [0, 0.05) is 43.7 Å². The second kappa shape index (κ2) is 11.2. The zero-order valence-electron chi connectivity index (χ0n) is 28.0. The number of hydrogen-bond acceptors (Lipinski definition) is 3. The van der Waals surface area contributed by atoms with Crippen LogP contribution < -0.4 is 0 Å². The molecule has 5 heteroatoms. The van der Waals surface area contributed by atoms with Gasteiger partial charge in [-0.25, -0.2) is 4.98 Å². The maximum atomic E-state index is 5.31. The molecule has 0 spiro atoms. The molecule has 8 aromatic carbocycles. The fourth-order valence-electron chi connectivity index (χ4n) is 7.95. The van der Waals surface area contributed by atoms with E-state index in [1.807, 2.05) is 18.2 Å². The van der Waals surface area contributed by atoms with Crippen LogP contribution in [0, 0.1) is 0 Å². The molecule has 5 nitrogen and oxygen atoms in total. The minimum atomic E-state index is 0.577. The lowest BCUT2D eigenvalue weighted by Gasteiger charge is -2.13. The van der Waals surface area contributed by atoms with Crippen molar-refractivity contribution in [3.8, 4) is 34.4 Å². The Labute approximate surface area is 298 Å². The maximum absolute atomic E-state index is 5.31. The summed E-state index contributed by atoms with van der Waals surface area (Å²) in [4.78, 5) is 15.7. The van der Waals surface area contributed by atoms with Crippen molar-refractivity contribution in [2.75, 3.05) is 0 Å². The van der Waals surface area contributed by atoms with Crippen molar-refractivity contribution in [2.45, 2.75) is 0 Å². The number of para-hydroxylation sites is 2. The van der Waals surface area contributed by atoms with E-state index in [9.17, 15) is 0 Å². The predicted octanol–water partition coefficient (Wildman–Crippen LogP) is 11.7. The van der Waals surface area contributed by atoms with E-state index in [0.717, 1.165) is 54.8 Å². The number of aromatic nitrogens is 5. The fraction of sp³-hybridized carbons (Fsp3) is 0. The zero-order valence-corrected chi connectivity index (χ0v) is 28.0. The second-order valence-electron chi connectivity index (χ2n) is 13.3. The summed E-state index contributed by atoms with van der Waals surface area (Å²) in [6, 6.07) is 62.1. The Morgan fingerprint density at radius 1 is 0.327 bits per heavy atom. The monoisotopic (exact) mass is 663 g/mol. The van der Waals surface area contributed by atoms with Crippen LogP contribution in [0.4, 0.5) is 0 Å². The fourth-order valence-corrected chi connectivity index (χ4v) is 7.95. The third-order valence-electron chi connectivity index (χ3n) is 10.3. The lowest BCUT2D eigenvalue weighted by atomic mass is 10.1. The van der Waals surface area contributed by atoms with E-state index in [-0.39, 0.29) is 0 Å². The molecule has 0 bridgehead atoms. The number of fused-ring (bicyclic) bond motifs is 9. The highest BCUT2D eigenvalue weighted by atomic mass is 15.2. The van der Waals surface area contributed by atoms with E-state index in [1.165, 1.54) is 27.2 Å². The van der Waals surface area contributed by atoms with Crippen LogP contribution in [0.2, 0.25) is 0 Å². The van der Waals surface area contributed by atoms with Gasteiger partial charge in [0.25, 0.3) is 0 Å². The van der Waals surface area contributed by atoms with Crippen molar-refractivity contribution < 1.29 is 0 Å². The van der Waals surface area contributed by atoms with E-state index < -0.39 is 0 Å². The average Bonchev–Trinajstić information content (AvgIpc) is 3.74. The Bertz CT molecular complexity index is 3140. The zero-order chi connectivity index (χ0) is 34.2. The average molecular weight is 664 g/mol. The molecule has 11 aromatic rings. The summed E-state index contributed by atoms with van der Waals surface area (Å²) in [6.45, 7) is 0. The summed E-state index contributed by atoms with van der Waals surface area (Å²) < 4.78 is 4.62. The summed E-state index contributed by atoms with van der Waals surface area (Å²) in [5, 5.41) is 9.37. The molecular weight excluding hydrogens is 635 g/mol. The van der Waals surface area contributed by atoms with Crippen LogP contribution in [-0.4, -0.2) is 24.1 Å². The SMILES string of the molecule is c1ccc(-c2nc(-c3ccc4ccccc4c3)nc(-n3c4cc(-n5c6ccccc6c6ccccc65)ccc4c4ccc5ccccc5c43)n2)cc1. The predicted molar refractivity (Wildman–Crippen MR) is 214 cm³/mol.